The molecule has 2 aromatic rings. The quantitative estimate of drug-likeness (QED) is 0.635. The summed E-state index contributed by atoms with van der Waals surface area (Å²) >= 11 is 0. The number of ether oxygens (including phenoxy) is 1. The molecule has 2 aliphatic heterocycles. The van der Waals surface area contributed by atoms with Crippen LogP contribution in [0.4, 0.5) is 0 Å². The molecule has 1 unspecified atom stereocenters. The number of carbonyl (C=O) groups excluding carboxylic acids is 3. The number of carbonyl (C=O) groups is 3. The molecule has 2 saturated heterocycles. The molecule has 0 spiro atoms. The highest BCUT2D eigenvalue weighted by Gasteiger charge is 2.51. The van der Waals surface area contributed by atoms with Gasteiger partial charge in [-0.15, -0.1) is 0 Å². The van der Waals surface area contributed by atoms with Gasteiger partial charge in [0.05, 0.1) is 13.2 Å². The first kappa shape index (κ1) is 26.4. The van der Waals surface area contributed by atoms with E-state index in [4.69, 9.17) is 4.74 Å². The number of fused-ring (bicyclic) bond motifs is 1. The lowest BCUT2D eigenvalue weighted by molar-refractivity contribution is -0.163. The number of hydrogen-bond donors (Lipinski definition) is 1. The maximum Gasteiger partial charge on any atom is 0.250 e. The fourth-order valence-electron chi connectivity index (χ4n) is 6.26. The van der Waals surface area contributed by atoms with Crippen molar-refractivity contribution in [2.24, 2.45) is 11.8 Å². The number of pyridine rings is 1. The van der Waals surface area contributed by atoms with Crippen molar-refractivity contribution in [1.29, 1.82) is 0 Å². The van der Waals surface area contributed by atoms with Crippen molar-refractivity contribution in [1.82, 2.24) is 20.1 Å². The molecule has 0 radical (unpaired) electrons. The number of benzene rings is 1. The van der Waals surface area contributed by atoms with Gasteiger partial charge in [0.1, 0.15) is 18.1 Å². The topological polar surface area (TPSA) is 91.8 Å². The van der Waals surface area contributed by atoms with E-state index in [0.717, 1.165) is 18.5 Å². The summed E-state index contributed by atoms with van der Waals surface area (Å²) in [6.07, 6.45) is 2.15. The van der Waals surface area contributed by atoms with E-state index in [2.05, 4.69) is 22.4 Å². The number of nitrogens with one attached hydrogen (secondary N) is 1. The van der Waals surface area contributed by atoms with Gasteiger partial charge in [-0.2, -0.15) is 0 Å². The number of amides is 3. The van der Waals surface area contributed by atoms with E-state index in [0.29, 0.717) is 44.0 Å². The Morgan fingerprint density at radius 3 is 2.34 bits per heavy atom. The molecule has 1 aliphatic carbocycles. The van der Waals surface area contributed by atoms with Crippen molar-refractivity contribution in [3.8, 4) is 0 Å². The predicted molar refractivity (Wildman–Crippen MR) is 143 cm³/mol. The molecule has 8 nitrogen and oxygen atoms in total. The molecule has 8 heteroatoms. The standard InChI is InChI=1S/C30H38N4O4/c1-5-18(2)26-28(35)32-25(23-16-21-8-6-7-9-22(21)17-23)29(36)34(26)27(24-11-10-19(3)31-20(24)4)30(37)33-12-14-38-15-13-33/h6-11,18,23,25-27H,5,12-17H2,1-4H3,(H,32,35)/t18-,25+,26?,27+/m0/s1. The number of piperazine rings is 1. The first-order valence-electron chi connectivity index (χ1n) is 13.8. The second-order valence-corrected chi connectivity index (χ2v) is 11.0. The minimum atomic E-state index is -0.926. The Morgan fingerprint density at radius 2 is 1.74 bits per heavy atom. The van der Waals surface area contributed by atoms with Crippen LogP contribution < -0.4 is 5.32 Å². The summed E-state index contributed by atoms with van der Waals surface area (Å²) in [5, 5.41) is 3.10. The van der Waals surface area contributed by atoms with Gasteiger partial charge >= 0.3 is 0 Å². The van der Waals surface area contributed by atoms with Crippen LogP contribution in [-0.4, -0.2) is 70.9 Å². The summed E-state index contributed by atoms with van der Waals surface area (Å²) in [6.45, 7) is 9.59. The molecule has 3 heterocycles. The number of aryl methyl sites for hydroxylation is 2. The minimum Gasteiger partial charge on any atom is -0.378 e. The lowest BCUT2D eigenvalue weighted by atomic mass is 9.85. The van der Waals surface area contributed by atoms with Crippen LogP contribution in [0.3, 0.4) is 0 Å². The van der Waals surface area contributed by atoms with E-state index in [-0.39, 0.29) is 29.6 Å². The summed E-state index contributed by atoms with van der Waals surface area (Å²) < 4.78 is 5.50. The summed E-state index contributed by atoms with van der Waals surface area (Å²) in [5.74, 6) is -0.719. The fraction of sp³-hybridized carbons (Fsp3) is 0.533. The highest BCUT2D eigenvalue weighted by molar-refractivity contribution is 6.00. The van der Waals surface area contributed by atoms with Gasteiger partial charge in [0.2, 0.25) is 17.7 Å². The van der Waals surface area contributed by atoms with Gasteiger partial charge in [0.25, 0.3) is 0 Å². The summed E-state index contributed by atoms with van der Waals surface area (Å²) in [7, 11) is 0. The van der Waals surface area contributed by atoms with Gasteiger partial charge in [-0.3, -0.25) is 19.4 Å². The first-order chi connectivity index (χ1) is 18.3. The van der Waals surface area contributed by atoms with Gasteiger partial charge in [-0.1, -0.05) is 50.6 Å². The number of morpholine rings is 1. The number of hydrogen-bond acceptors (Lipinski definition) is 5. The smallest absolute Gasteiger partial charge is 0.250 e. The summed E-state index contributed by atoms with van der Waals surface area (Å²) in [6, 6.07) is 9.62. The molecule has 3 aliphatic rings. The second kappa shape index (κ2) is 10.8. The molecular weight excluding hydrogens is 480 g/mol. The zero-order chi connectivity index (χ0) is 27.0. The molecule has 38 heavy (non-hydrogen) atoms. The van der Waals surface area contributed by atoms with E-state index in [1.807, 2.05) is 52.0 Å². The normalized spacial score (nSPS) is 23.7. The molecule has 5 rings (SSSR count). The highest BCUT2D eigenvalue weighted by atomic mass is 16.5. The Morgan fingerprint density at radius 1 is 1.08 bits per heavy atom. The van der Waals surface area contributed by atoms with E-state index < -0.39 is 18.1 Å². The third-order valence-electron chi connectivity index (χ3n) is 8.52. The predicted octanol–water partition coefficient (Wildman–Crippen LogP) is 2.76. The van der Waals surface area contributed by atoms with Gasteiger partial charge in [-0.05, 0) is 55.7 Å². The second-order valence-electron chi connectivity index (χ2n) is 11.0. The highest BCUT2D eigenvalue weighted by Crippen LogP contribution is 2.37. The third-order valence-corrected chi connectivity index (χ3v) is 8.52. The van der Waals surface area contributed by atoms with Crippen LogP contribution in [0, 0.1) is 25.7 Å². The van der Waals surface area contributed by atoms with Crippen molar-refractivity contribution < 1.29 is 19.1 Å². The van der Waals surface area contributed by atoms with Crippen LogP contribution in [-0.2, 0) is 32.0 Å². The molecule has 4 atom stereocenters. The first-order valence-corrected chi connectivity index (χ1v) is 13.8. The summed E-state index contributed by atoms with van der Waals surface area (Å²) in [5.41, 5.74) is 4.65. The Kier molecular flexibility index (Phi) is 7.52. The lowest BCUT2D eigenvalue weighted by Crippen LogP contribution is -2.68. The zero-order valence-electron chi connectivity index (χ0n) is 22.8. The van der Waals surface area contributed by atoms with Crippen molar-refractivity contribution in [2.45, 2.75) is 65.1 Å². The Balaban J connectivity index is 1.58. The average molecular weight is 519 g/mol. The zero-order valence-corrected chi connectivity index (χ0v) is 22.8. The Bertz CT molecular complexity index is 1200. The third kappa shape index (κ3) is 4.82. The van der Waals surface area contributed by atoms with Crippen molar-refractivity contribution in [3.63, 3.8) is 0 Å². The van der Waals surface area contributed by atoms with E-state index in [9.17, 15) is 14.4 Å². The molecule has 1 aromatic carbocycles. The van der Waals surface area contributed by atoms with Crippen LogP contribution in [0.5, 0.6) is 0 Å². The van der Waals surface area contributed by atoms with Crippen LogP contribution in [0.2, 0.25) is 0 Å². The Hall–Kier alpha value is -3.26. The van der Waals surface area contributed by atoms with Crippen molar-refractivity contribution in [3.05, 3.63) is 64.5 Å². The van der Waals surface area contributed by atoms with Crippen molar-refractivity contribution >= 4 is 17.7 Å². The van der Waals surface area contributed by atoms with Crippen molar-refractivity contribution in [2.75, 3.05) is 26.3 Å². The van der Waals surface area contributed by atoms with E-state index in [1.54, 1.807) is 9.80 Å². The largest absolute Gasteiger partial charge is 0.378 e. The fourth-order valence-corrected chi connectivity index (χ4v) is 6.26. The average Bonchev–Trinajstić information content (AvgIpc) is 3.35. The van der Waals surface area contributed by atoms with Crippen LogP contribution >= 0.6 is 0 Å². The van der Waals surface area contributed by atoms with Gasteiger partial charge in [0, 0.05) is 30.0 Å². The molecule has 0 bridgehead atoms. The van der Waals surface area contributed by atoms with Gasteiger partial charge in [0.15, 0.2) is 0 Å². The summed E-state index contributed by atoms with van der Waals surface area (Å²) in [4.78, 5) is 50.6. The van der Waals surface area contributed by atoms with Gasteiger partial charge < -0.3 is 19.9 Å². The Labute approximate surface area is 224 Å². The van der Waals surface area contributed by atoms with Crippen LogP contribution in [0.1, 0.15) is 54.4 Å². The SMILES string of the molecule is CC[C@H](C)C1C(=O)N[C@H](C2Cc3ccccc3C2)C(=O)N1[C@@H](C(=O)N1CCOCC1)c1ccc(C)nc1C. The number of aromatic nitrogens is 1. The molecule has 1 aromatic heterocycles. The van der Waals surface area contributed by atoms with Crippen LogP contribution in [0.15, 0.2) is 36.4 Å². The monoisotopic (exact) mass is 518 g/mol. The molecule has 3 amide bonds. The lowest BCUT2D eigenvalue weighted by Gasteiger charge is -2.47. The van der Waals surface area contributed by atoms with E-state index in [1.165, 1.54) is 11.1 Å². The molecular formula is C30H38N4O4. The molecule has 202 valence electrons. The number of nitrogens with zero attached hydrogens (tertiary/aromatic N) is 3. The van der Waals surface area contributed by atoms with Gasteiger partial charge in [-0.25, -0.2) is 0 Å². The minimum absolute atomic E-state index is 0.0550. The molecule has 1 N–H and O–H groups in total. The van der Waals surface area contributed by atoms with E-state index >= 15 is 0 Å². The maximum atomic E-state index is 14.5. The number of rotatable bonds is 6. The molecule has 0 saturated carbocycles. The van der Waals surface area contributed by atoms with Crippen LogP contribution in [0.25, 0.3) is 0 Å². The maximum absolute atomic E-state index is 14.5. The molecule has 2 fully saturated rings.